The Kier molecular flexibility index (Phi) is 3.78. The van der Waals surface area contributed by atoms with E-state index in [9.17, 15) is 10.2 Å². The number of aromatic hydroxyl groups is 1. The quantitative estimate of drug-likeness (QED) is 0.792. The molecule has 0 fully saturated rings. The molecule has 0 spiro atoms. The Hall–Kier alpha value is -1.58. The van der Waals surface area contributed by atoms with Gasteiger partial charge in [0.25, 0.3) is 0 Å². The molecule has 2 aromatic carbocycles. The van der Waals surface area contributed by atoms with Gasteiger partial charge in [-0.25, -0.2) is 0 Å². The van der Waals surface area contributed by atoms with Crippen molar-refractivity contribution >= 4 is 10.8 Å². The van der Waals surface area contributed by atoms with Crippen molar-refractivity contribution in [1.29, 1.82) is 0 Å². The van der Waals surface area contributed by atoms with Crippen LogP contribution in [0.25, 0.3) is 10.8 Å². The van der Waals surface area contributed by atoms with E-state index in [1.165, 1.54) is 0 Å². The van der Waals surface area contributed by atoms with Crippen LogP contribution in [0, 0.1) is 5.41 Å². The Labute approximate surface area is 113 Å². The molecular weight excluding hydrogens is 240 g/mol. The van der Waals surface area contributed by atoms with Gasteiger partial charge in [0, 0.05) is 12.0 Å². The van der Waals surface area contributed by atoms with E-state index in [1.54, 1.807) is 12.1 Å². The number of rotatable bonds is 4. The molecular formula is C16H20O3. The second-order valence-electron chi connectivity index (χ2n) is 5.58. The fourth-order valence-electron chi connectivity index (χ4n) is 2.39. The van der Waals surface area contributed by atoms with Crippen LogP contribution in [-0.2, 0) is 0 Å². The van der Waals surface area contributed by atoms with Gasteiger partial charge in [0.1, 0.15) is 5.75 Å². The highest BCUT2D eigenvalue weighted by Gasteiger charge is 2.29. The van der Waals surface area contributed by atoms with Crippen LogP contribution in [0.1, 0.15) is 31.9 Å². The van der Waals surface area contributed by atoms with E-state index >= 15 is 0 Å². The zero-order valence-corrected chi connectivity index (χ0v) is 11.3. The molecule has 0 amide bonds. The molecule has 0 heterocycles. The van der Waals surface area contributed by atoms with Gasteiger partial charge in [-0.3, -0.25) is 0 Å². The first kappa shape index (κ1) is 13.8. The molecule has 102 valence electrons. The molecule has 19 heavy (non-hydrogen) atoms. The molecule has 0 aliphatic rings. The lowest BCUT2D eigenvalue weighted by Gasteiger charge is -2.31. The fourth-order valence-corrected chi connectivity index (χ4v) is 2.39. The summed E-state index contributed by atoms with van der Waals surface area (Å²) in [6.45, 7) is 3.89. The van der Waals surface area contributed by atoms with E-state index in [-0.39, 0.29) is 12.4 Å². The van der Waals surface area contributed by atoms with E-state index in [1.807, 2.05) is 38.1 Å². The van der Waals surface area contributed by atoms with Crippen LogP contribution in [-0.4, -0.2) is 21.9 Å². The number of hydrogen-bond donors (Lipinski definition) is 3. The maximum Gasteiger partial charge on any atom is 0.123 e. The van der Waals surface area contributed by atoms with Gasteiger partial charge < -0.3 is 15.3 Å². The van der Waals surface area contributed by atoms with Crippen molar-refractivity contribution in [3.05, 3.63) is 42.0 Å². The standard InChI is InChI=1S/C16H20O3/c1-16(2,9-10-17)15(19)13-7-8-14(18)12-6-4-3-5-11(12)13/h3-8,15,17-19H,9-10H2,1-2H3/t15-/m0/s1. The first-order valence-corrected chi connectivity index (χ1v) is 6.47. The summed E-state index contributed by atoms with van der Waals surface area (Å²) in [5.74, 6) is 0.214. The van der Waals surface area contributed by atoms with Gasteiger partial charge in [0.05, 0.1) is 6.10 Å². The molecule has 1 atom stereocenters. The minimum atomic E-state index is -0.690. The highest BCUT2D eigenvalue weighted by Crippen LogP contribution is 2.40. The predicted octanol–water partition coefficient (Wildman–Crippen LogP) is 2.99. The number of hydrogen-bond acceptors (Lipinski definition) is 3. The summed E-state index contributed by atoms with van der Waals surface area (Å²) >= 11 is 0. The summed E-state index contributed by atoms with van der Waals surface area (Å²) in [4.78, 5) is 0. The van der Waals surface area contributed by atoms with Crippen LogP contribution in [0.3, 0.4) is 0 Å². The summed E-state index contributed by atoms with van der Waals surface area (Å²) in [5.41, 5.74) is 0.362. The van der Waals surface area contributed by atoms with Crippen molar-refractivity contribution in [3.8, 4) is 5.75 Å². The lowest BCUT2D eigenvalue weighted by atomic mass is 9.79. The van der Waals surface area contributed by atoms with Crippen molar-refractivity contribution in [1.82, 2.24) is 0 Å². The number of phenolic OH excluding ortho intramolecular Hbond substituents is 1. The van der Waals surface area contributed by atoms with Gasteiger partial charge in [-0.05, 0) is 28.9 Å². The van der Waals surface area contributed by atoms with E-state index in [0.717, 1.165) is 16.3 Å². The highest BCUT2D eigenvalue weighted by molar-refractivity contribution is 5.91. The van der Waals surface area contributed by atoms with Crippen molar-refractivity contribution in [3.63, 3.8) is 0 Å². The molecule has 2 rings (SSSR count). The average molecular weight is 260 g/mol. The second kappa shape index (κ2) is 5.19. The second-order valence-corrected chi connectivity index (χ2v) is 5.58. The average Bonchev–Trinajstić information content (AvgIpc) is 2.39. The Morgan fingerprint density at radius 2 is 1.68 bits per heavy atom. The molecule has 0 saturated carbocycles. The van der Waals surface area contributed by atoms with E-state index in [2.05, 4.69) is 0 Å². The third-order valence-corrected chi connectivity index (χ3v) is 3.73. The van der Waals surface area contributed by atoms with E-state index < -0.39 is 11.5 Å². The predicted molar refractivity (Wildman–Crippen MR) is 76.1 cm³/mol. The van der Waals surface area contributed by atoms with Gasteiger partial charge in [-0.1, -0.05) is 44.2 Å². The van der Waals surface area contributed by atoms with Gasteiger partial charge in [-0.2, -0.15) is 0 Å². The molecule has 0 aliphatic heterocycles. The van der Waals surface area contributed by atoms with Crippen LogP contribution in [0.2, 0.25) is 0 Å². The SMILES string of the molecule is CC(C)(CCO)[C@@H](O)c1ccc(O)c2ccccc12. The van der Waals surface area contributed by atoms with Crippen LogP contribution in [0.15, 0.2) is 36.4 Å². The summed E-state index contributed by atoms with van der Waals surface area (Å²) in [5, 5.41) is 31.1. The normalized spacial score (nSPS) is 13.7. The van der Waals surface area contributed by atoms with Crippen LogP contribution in [0.5, 0.6) is 5.75 Å². The fraction of sp³-hybridized carbons (Fsp3) is 0.375. The molecule has 3 nitrogen and oxygen atoms in total. The zero-order valence-electron chi connectivity index (χ0n) is 11.3. The molecule has 0 saturated heterocycles. The summed E-state index contributed by atoms with van der Waals surface area (Å²) in [6.07, 6.45) is -0.172. The number of benzene rings is 2. The third-order valence-electron chi connectivity index (χ3n) is 3.73. The lowest BCUT2D eigenvalue weighted by molar-refractivity contribution is 0.0315. The molecule has 3 heteroatoms. The van der Waals surface area contributed by atoms with Gasteiger partial charge in [-0.15, -0.1) is 0 Å². The molecule has 0 radical (unpaired) electrons. The number of aliphatic hydroxyl groups excluding tert-OH is 2. The third kappa shape index (κ3) is 2.57. The van der Waals surface area contributed by atoms with Gasteiger partial charge in [0.15, 0.2) is 0 Å². The van der Waals surface area contributed by atoms with Crippen molar-refractivity contribution in [2.45, 2.75) is 26.4 Å². The summed E-state index contributed by atoms with van der Waals surface area (Å²) in [6, 6.07) is 10.8. The maximum atomic E-state index is 10.6. The van der Waals surface area contributed by atoms with E-state index in [4.69, 9.17) is 5.11 Å². The van der Waals surface area contributed by atoms with Crippen molar-refractivity contribution in [2.24, 2.45) is 5.41 Å². The lowest BCUT2D eigenvalue weighted by Crippen LogP contribution is -2.23. The first-order valence-electron chi connectivity index (χ1n) is 6.47. The number of fused-ring (bicyclic) bond motifs is 1. The molecule has 0 aliphatic carbocycles. The highest BCUT2D eigenvalue weighted by atomic mass is 16.3. The smallest absolute Gasteiger partial charge is 0.123 e. The van der Waals surface area contributed by atoms with Crippen LogP contribution >= 0.6 is 0 Å². The largest absolute Gasteiger partial charge is 0.507 e. The number of phenols is 1. The van der Waals surface area contributed by atoms with Crippen LogP contribution < -0.4 is 0 Å². The van der Waals surface area contributed by atoms with Crippen molar-refractivity contribution < 1.29 is 15.3 Å². The van der Waals surface area contributed by atoms with Crippen LogP contribution in [0.4, 0.5) is 0 Å². The Balaban J connectivity index is 2.54. The summed E-state index contributed by atoms with van der Waals surface area (Å²) < 4.78 is 0. The Morgan fingerprint density at radius 1 is 1.05 bits per heavy atom. The summed E-state index contributed by atoms with van der Waals surface area (Å²) in [7, 11) is 0. The van der Waals surface area contributed by atoms with E-state index in [0.29, 0.717) is 6.42 Å². The maximum absolute atomic E-state index is 10.6. The minimum absolute atomic E-state index is 0.0417. The topological polar surface area (TPSA) is 60.7 Å². The monoisotopic (exact) mass is 260 g/mol. The Morgan fingerprint density at radius 3 is 2.32 bits per heavy atom. The van der Waals surface area contributed by atoms with Crippen molar-refractivity contribution in [2.75, 3.05) is 6.61 Å². The molecule has 0 aromatic heterocycles. The molecule has 2 aromatic rings. The molecule has 0 unspecified atom stereocenters. The molecule has 3 N–H and O–H groups in total. The number of aliphatic hydroxyl groups is 2. The minimum Gasteiger partial charge on any atom is -0.507 e. The molecule has 0 bridgehead atoms. The Bertz CT molecular complexity index is 575. The first-order chi connectivity index (χ1) is 8.97. The van der Waals surface area contributed by atoms with Gasteiger partial charge in [0.2, 0.25) is 0 Å². The van der Waals surface area contributed by atoms with Gasteiger partial charge >= 0.3 is 0 Å². The zero-order chi connectivity index (χ0) is 14.0.